The van der Waals surface area contributed by atoms with Crippen molar-refractivity contribution in [2.75, 3.05) is 6.79 Å². The quantitative estimate of drug-likeness (QED) is 0.818. The summed E-state index contributed by atoms with van der Waals surface area (Å²) in [7, 11) is 0. The van der Waals surface area contributed by atoms with Gasteiger partial charge in [-0.1, -0.05) is 32.8 Å². The predicted molar refractivity (Wildman–Crippen MR) is 97.8 cm³/mol. The molecule has 1 aromatic carbocycles. The lowest BCUT2D eigenvalue weighted by Gasteiger charge is -2.34. The summed E-state index contributed by atoms with van der Waals surface area (Å²) in [5.74, 6) is 2.40. The van der Waals surface area contributed by atoms with E-state index in [1.165, 1.54) is 6.42 Å². The number of hydrogen-bond acceptors (Lipinski definition) is 4. The molecule has 1 heterocycles. The molecule has 0 spiro atoms. The van der Waals surface area contributed by atoms with E-state index in [-0.39, 0.29) is 37.5 Å². The second-order valence-electron chi connectivity index (χ2n) is 7.41. The highest BCUT2D eigenvalue weighted by Crippen LogP contribution is 2.32. The van der Waals surface area contributed by atoms with Crippen LogP contribution >= 0.6 is 0 Å². The average molecular weight is 360 g/mol. The molecule has 3 atom stereocenters. The standard InChI is InChI=1S/C20H28N2O4/c1-13-4-3-5-16(14(13)2)22-20(24)9-8-19(23)21-11-15-6-7-17-18(10-15)26-12-25-17/h6-7,10,13-14,16H,3-5,8-9,11-12H2,1-2H3,(H,21,23)(H,22,24)/t13-,14-,16+/m1/s1. The molecule has 0 unspecified atom stereocenters. The molecule has 0 aromatic heterocycles. The molecule has 3 rings (SSSR count). The monoisotopic (exact) mass is 360 g/mol. The zero-order chi connectivity index (χ0) is 18.5. The van der Waals surface area contributed by atoms with Gasteiger partial charge in [-0.15, -0.1) is 0 Å². The summed E-state index contributed by atoms with van der Waals surface area (Å²) >= 11 is 0. The topological polar surface area (TPSA) is 76.7 Å². The summed E-state index contributed by atoms with van der Waals surface area (Å²) in [5, 5.41) is 5.96. The van der Waals surface area contributed by atoms with Crippen molar-refractivity contribution in [3.8, 4) is 11.5 Å². The molecular weight excluding hydrogens is 332 g/mol. The minimum absolute atomic E-state index is 0.0332. The second-order valence-corrected chi connectivity index (χ2v) is 7.41. The van der Waals surface area contributed by atoms with Crippen molar-refractivity contribution in [1.29, 1.82) is 0 Å². The van der Waals surface area contributed by atoms with Gasteiger partial charge in [-0.25, -0.2) is 0 Å². The van der Waals surface area contributed by atoms with Crippen LogP contribution in [-0.4, -0.2) is 24.6 Å². The first kappa shape index (κ1) is 18.5. The van der Waals surface area contributed by atoms with Crippen LogP contribution in [0.2, 0.25) is 0 Å². The molecule has 1 saturated carbocycles. The highest BCUT2D eigenvalue weighted by molar-refractivity contribution is 5.83. The Balaban J connectivity index is 1.37. The van der Waals surface area contributed by atoms with Crippen LogP contribution in [0.25, 0.3) is 0 Å². The van der Waals surface area contributed by atoms with Gasteiger partial charge in [0, 0.05) is 25.4 Å². The number of carbonyl (C=O) groups excluding carboxylic acids is 2. The first-order valence-corrected chi connectivity index (χ1v) is 9.47. The van der Waals surface area contributed by atoms with Crippen LogP contribution in [0, 0.1) is 11.8 Å². The number of rotatable bonds is 6. The zero-order valence-corrected chi connectivity index (χ0v) is 15.5. The fourth-order valence-corrected chi connectivity index (χ4v) is 3.63. The molecule has 142 valence electrons. The maximum absolute atomic E-state index is 12.1. The molecule has 1 fully saturated rings. The molecule has 1 aliphatic heterocycles. The highest BCUT2D eigenvalue weighted by atomic mass is 16.7. The largest absolute Gasteiger partial charge is 0.454 e. The van der Waals surface area contributed by atoms with Gasteiger partial charge >= 0.3 is 0 Å². The van der Waals surface area contributed by atoms with Crippen LogP contribution in [0.15, 0.2) is 18.2 Å². The molecule has 1 aromatic rings. The summed E-state index contributed by atoms with van der Waals surface area (Å²) in [6, 6.07) is 5.83. The minimum Gasteiger partial charge on any atom is -0.454 e. The maximum atomic E-state index is 12.1. The van der Waals surface area contributed by atoms with Gasteiger partial charge in [0.15, 0.2) is 11.5 Å². The van der Waals surface area contributed by atoms with E-state index < -0.39 is 0 Å². The number of benzene rings is 1. The minimum atomic E-state index is -0.122. The van der Waals surface area contributed by atoms with Crippen LogP contribution in [0.3, 0.4) is 0 Å². The Bertz CT molecular complexity index is 661. The Morgan fingerprint density at radius 2 is 1.85 bits per heavy atom. The predicted octanol–water partition coefficient (Wildman–Crippen LogP) is 2.75. The van der Waals surface area contributed by atoms with E-state index in [2.05, 4.69) is 24.5 Å². The number of hydrogen-bond donors (Lipinski definition) is 2. The summed E-state index contributed by atoms with van der Waals surface area (Å²) in [5.41, 5.74) is 0.942. The van der Waals surface area contributed by atoms with E-state index in [0.29, 0.717) is 24.1 Å². The van der Waals surface area contributed by atoms with Crippen molar-refractivity contribution in [3.05, 3.63) is 23.8 Å². The summed E-state index contributed by atoms with van der Waals surface area (Å²) in [4.78, 5) is 24.2. The molecule has 26 heavy (non-hydrogen) atoms. The van der Waals surface area contributed by atoms with Crippen LogP contribution < -0.4 is 20.1 Å². The molecule has 0 saturated heterocycles. The summed E-state index contributed by atoms with van der Waals surface area (Å²) < 4.78 is 10.6. The molecule has 0 radical (unpaired) electrons. The van der Waals surface area contributed by atoms with Crippen LogP contribution in [0.1, 0.15) is 51.5 Å². The summed E-state index contributed by atoms with van der Waals surface area (Å²) in [6.07, 6.45) is 3.85. The molecule has 6 heteroatoms. The van der Waals surface area contributed by atoms with Crippen molar-refractivity contribution in [2.45, 2.75) is 58.5 Å². The number of nitrogens with one attached hydrogen (secondary N) is 2. The molecule has 6 nitrogen and oxygen atoms in total. The van der Waals surface area contributed by atoms with Gasteiger partial charge in [-0.3, -0.25) is 9.59 Å². The lowest BCUT2D eigenvalue weighted by Crippen LogP contribution is -2.43. The first-order chi connectivity index (χ1) is 12.5. The van der Waals surface area contributed by atoms with Gasteiger partial charge < -0.3 is 20.1 Å². The van der Waals surface area contributed by atoms with Gasteiger partial charge in [0.1, 0.15) is 0 Å². The lowest BCUT2D eigenvalue weighted by atomic mass is 9.78. The van der Waals surface area contributed by atoms with Crippen molar-refractivity contribution < 1.29 is 19.1 Å². The SMILES string of the molecule is C[C@@H]1[C@H](C)CCC[C@@H]1NC(=O)CCC(=O)NCc1ccc2c(c1)OCO2. The third-order valence-corrected chi connectivity index (χ3v) is 5.56. The Morgan fingerprint density at radius 3 is 2.69 bits per heavy atom. The number of carbonyl (C=O) groups is 2. The second kappa shape index (κ2) is 8.43. The first-order valence-electron chi connectivity index (χ1n) is 9.47. The molecule has 0 bridgehead atoms. The van der Waals surface area contributed by atoms with E-state index in [1.807, 2.05) is 18.2 Å². The van der Waals surface area contributed by atoms with E-state index in [4.69, 9.17) is 9.47 Å². The molecule has 2 N–H and O–H groups in total. The molecular formula is C20H28N2O4. The Hall–Kier alpha value is -2.24. The number of ether oxygens (including phenoxy) is 2. The smallest absolute Gasteiger partial charge is 0.231 e. The van der Waals surface area contributed by atoms with Crippen LogP contribution in [-0.2, 0) is 16.1 Å². The van der Waals surface area contributed by atoms with E-state index in [9.17, 15) is 9.59 Å². The van der Waals surface area contributed by atoms with Gasteiger partial charge in [0.05, 0.1) is 0 Å². The summed E-state index contributed by atoms with van der Waals surface area (Å²) in [6.45, 7) is 5.09. The Labute approximate surface area is 154 Å². The fraction of sp³-hybridized carbons (Fsp3) is 0.600. The van der Waals surface area contributed by atoms with Crippen molar-refractivity contribution in [2.24, 2.45) is 11.8 Å². The number of amides is 2. The number of fused-ring (bicyclic) bond motifs is 1. The van der Waals surface area contributed by atoms with E-state index in [1.54, 1.807) is 0 Å². The fourth-order valence-electron chi connectivity index (χ4n) is 3.63. The molecule has 2 amide bonds. The van der Waals surface area contributed by atoms with Gasteiger partial charge in [0.25, 0.3) is 0 Å². The van der Waals surface area contributed by atoms with Crippen molar-refractivity contribution in [3.63, 3.8) is 0 Å². The zero-order valence-electron chi connectivity index (χ0n) is 15.5. The highest BCUT2D eigenvalue weighted by Gasteiger charge is 2.28. The third kappa shape index (κ3) is 4.68. The maximum Gasteiger partial charge on any atom is 0.231 e. The van der Waals surface area contributed by atoms with E-state index >= 15 is 0 Å². The normalized spacial score (nSPS) is 24.2. The third-order valence-electron chi connectivity index (χ3n) is 5.56. The Morgan fingerprint density at radius 1 is 1.08 bits per heavy atom. The average Bonchev–Trinajstić information content (AvgIpc) is 3.10. The lowest BCUT2D eigenvalue weighted by molar-refractivity contribution is -0.127. The van der Waals surface area contributed by atoms with Gasteiger partial charge in [-0.05, 0) is 36.0 Å². The van der Waals surface area contributed by atoms with Gasteiger partial charge in [-0.2, -0.15) is 0 Å². The molecule has 2 aliphatic rings. The van der Waals surface area contributed by atoms with Crippen LogP contribution in [0.4, 0.5) is 0 Å². The van der Waals surface area contributed by atoms with Crippen molar-refractivity contribution in [1.82, 2.24) is 10.6 Å². The van der Waals surface area contributed by atoms with Crippen LogP contribution in [0.5, 0.6) is 11.5 Å². The van der Waals surface area contributed by atoms with Gasteiger partial charge in [0.2, 0.25) is 18.6 Å². The van der Waals surface area contributed by atoms with Crippen molar-refractivity contribution >= 4 is 11.8 Å². The van der Waals surface area contributed by atoms with E-state index in [0.717, 1.165) is 24.2 Å². The Kier molecular flexibility index (Phi) is 6.01. The molecule has 1 aliphatic carbocycles.